The van der Waals surface area contributed by atoms with E-state index < -0.39 is 0 Å². The minimum absolute atomic E-state index is 0.749. The number of para-hydroxylation sites is 1. The average Bonchev–Trinajstić information content (AvgIpc) is 3.14. The van der Waals surface area contributed by atoms with Crippen LogP contribution in [0, 0.1) is 0 Å². The topological polar surface area (TPSA) is 42.7 Å². The van der Waals surface area contributed by atoms with Crippen molar-refractivity contribution in [2.75, 3.05) is 0 Å². The molecule has 4 aromatic rings. The SMILES string of the molecule is c1ccc(CNCc2cn(-c3ccccc3)nc2-c2ccncc2)cc1. The van der Waals surface area contributed by atoms with Crippen LogP contribution in [0.3, 0.4) is 0 Å². The van der Waals surface area contributed by atoms with E-state index in [9.17, 15) is 0 Å². The van der Waals surface area contributed by atoms with Gasteiger partial charge in [0.05, 0.1) is 11.4 Å². The summed E-state index contributed by atoms with van der Waals surface area (Å²) < 4.78 is 1.94. The Balaban J connectivity index is 1.60. The molecule has 4 rings (SSSR count). The van der Waals surface area contributed by atoms with Crippen LogP contribution in [0.4, 0.5) is 0 Å². The standard InChI is InChI=1S/C22H20N4/c1-3-7-18(8-4-1)15-24-16-20-17-26(21-9-5-2-6-10-21)25-22(20)19-11-13-23-14-12-19/h1-14,17,24H,15-16H2. The van der Waals surface area contributed by atoms with Gasteiger partial charge in [0.15, 0.2) is 0 Å². The van der Waals surface area contributed by atoms with Gasteiger partial charge in [0.25, 0.3) is 0 Å². The normalized spacial score (nSPS) is 10.8. The van der Waals surface area contributed by atoms with Crippen LogP contribution >= 0.6 is 0 Å². The van der Waals surface area contributed by atoms with Gasteiger partial charge in [0.1, 0.15) is 0 Å². The summed E-state index contributed by atoms with van der Waals surface area (Å²) in [7, 11) is 0. The molecule has 0 saturated heterocycles. The van der Waals surface area contributed by atoms with Crippen LogP contribution in [0.5, 0.6) is 0 Å². The lowest BCUT2D eigenvalue weighted by molar-refractivity contribution is 0.694. The monoisotopic (exact) mass is 340 g/mol. The van der Waals surface area contributed by atoms with Crippen molar-refractivity contribution in [2.45, 2.75) is 13.1 Å². The van der Waals surface area contributed by atoms with E-state index in [2.05, 4.69) is 52.9 Å². The van der Waals surface area contributed by atoms with Crippen LogP contribution in [-0.2, 0) is 13.1 Å². The number of pyridine rings is 1. The van der Waals surface area contributed by atoms with Gasteiger partial charge in [-0.2, -0.15) is 5.10 Å². The Labute approximate surface area is 153 Å². The second-order valence-electron chi connectivity index (χ2n) is 6.11. The zero-order chi connectivity index (χ0) is 17.6. The highest BCUT2D eigenvalue weighted by molar-refractivity contribution is 5.62. The zero-order valence-electron chi connectivity index (χ0n) is 14.4. The third-order valence-corrected chi connectivity index (χ3v) is 4.25. The molecule has 128 valence electrons. The van der Waals surface area contributed by atoms with Crippen molar-refractivity contribution in [3.63, 3.8) is 0 Å². The van der Waals surface area contributed by atoms with Crippen molar-refractivity contribution >= 4 is 0 Å². The van der Waals surface area contributed by atoms with Crippen LogP contribution in [0.25, 0.3) is 16.9 Å². The first-order chi connectivity index (χ1) is 12.9. The molecule has 0 fully saturated rings. The van der Waals surface area contributed by atoms with Crippen molar-refractivity contribution < 1.29 is 0 Å². The average molecular weight is 340 g/mol. The van der Waals surface area contributed by atoms with Crippen LogP contribution in [0.1, 0.15) is 11.1 Å². The molecule has 0 atom stereocenters. The zero-order valence-corrected chi connectivity index (χ0v) is 14.4. The summed E-state index contributed by atoms with van der Waals surface area (Å²) in [5.74, 6) is 0. The molecule has 2 aromatic heterocycles. The highest BCUT2D eigenvalue weighted by Crippen LogP contribution is 2.23. The Morgan fingerprint density at radius 2 is 1.46 bits per heavy atom. The first-order valence-electron chi connectivity index (χ1n) is 8.69. The fraction of sp³-hybridized carbons (Fsp3) is 0.0909. The Kier molecular flexibility index (Phi) is 4.85. The van der Waals surface area contributed by atoms with Crippen molar-refractivity contribution in [1.29, 1.82) is 0 Å². The maximum atomic E-state index is 4.83. The molecule has 26 heavy (non-hydrogen) atoms. The van der Waals surface area contributed by atoms with Gasteiger partial charge in [-0.15, -0.1) is 0 Å². The Morgan fingerprint density at radius 1 is 0.769 bits per heavy atom. The number of hydrogen-bond donors (Lipinski definition) is 1. The van der Waals surface area contributed by atoms with E-state index in [1.165, 1.54) is 5.56 Å². The van der Waals surface area contributed by atoms with Crippen molar-refractivity contribution in [1.82, 2.24) is 20.1 Å². The third kappa shape index (κ3) is 3.71. The summed E-state index contributed by atoms with van der Waals surface area (Å²) in [6, 6.07) is 24.6. The summed E-state index contributed by atoms with van der Waals surface area (Å²) in [6.45, 7) is 1.58. The molecule has 0 aliphatic rings. The predicted octanol–water partition coefficient (Wildman–Crippen LogP) is 4.22. The molecule has 0 saturated carbocycles. The van der Waals surface area contributed by atoms with E-state index in [0.29, 0.717) is 0 Å². The molecule has 1 N–H and O–H groups in total. The quantitative estimate of drug-likeness (QED) is 0.571. The van der Waals surface area contributed by atoms with E-state index in [1.807, 2.05) is 41.1 Å². The van der Waals surface area contributed by atoms with Gasteiger partial charge < -0.3 is 5.32 Å². The van der Waals surface area contributed by atoms with E-state index in [4.69, 9.17) is 5.10 Å². The van der Waals surface area contributed by atoms with E-state index in [0.717, 1.165) is 35.6 Å². The van der Waals surface area contributed by atoms with Gasteiger partial charge >= 0.3 is 0 Å². The molecule has 2 heterocycles. The molecule has 2 aromatic carbocycles. The lowest BCUT2D eigenvalue weighted by atomic mass is 10.1. The first kappa shape index (κ1) is 16.2. The molecule has 0 spiro atoms. The molecule has 0 amide bonds. The van der Waals surface area contributed by atoms with E-state index in [1.54, 1.807) is 12.4 Å². The molecule has 0 bridgehead atoms. The maximum absolute atomic E-state index is 4.83. The molecular formula is C22H20N4. The van der Waals surface area contributed by atoms with Gasteiger partial charge in [-0.3, -0.25) is 4.98 Å². The Hall–Kier alpha value is -3.24. The molecular weight excluding hydrogens is 320 g/mol. The van der Waals surface area contributed by atoms with Crippen molar-refractivity contribution in [2.24, 2.45) is 0 Å². The fourth-order valence-electron chi connectivity index (χ4n) is 2.94. The smallest absolute Gasteiger partial charge is 0.0973 e. The summed E-state index contributed by atoms with van der Waals surface area (Å²) in [4.78, 5) is 4.12. The van der Waals surface area contributed by atoms with E-state index >= 15 is 0 Å². The third-order valence-electron chi connectivity index (χ3n) is 4.25. The number of benzene rings is 2. The van der Waals surface area contributed by atoms with Gasteiger partial charge in [-0.05, 0) is 29.8 Å². The first-order valence-corrected chi connectivity index (χ1v) is 8.69. The maximum Gasteiger partial charge on any atom is 0.0973 e. The summed E-state index contributed by atoms with van der Waals surface area (Å²) in [6.07, 6.45) is 5.71. The van der Waals surface area contributed by atoms with Crippen molar-refractivity contribution in [3.8, 4) is 16.9 Å². The van der Waals surface area contributed by atoms with Crippen LogP contribution < -0.4 is 5.32 Å². The van der Waals surface area contributed by atoms with Crippen LogP contribution in [0.2, 0.25) is 0 Å². The second-order valence-corrected chi connectivity index (χ2v) is 6.11. The van der Waals surface area contributed by atoms with Crippen LogP contribution in [-0.4, -0.2) is 14.8 Å². The number of rotatable bonds is 6. The van der Waals surface area contributed by atoms with E-state index in [-0.39, 0.29) is 0 Å². The van der Waals surface area contributed by atoms with Gasteiger partial charge in [0, 0.05) is 42.8 Å². The number of nitrogens with one attached hydrogen (secondary N) is 1. The lowest BCUT2D eigenvalue weighted by Gasteiger charge is -2.05. The fourth-order valence-corrected chi connectivity index (χ4v) is 2.94. The highest BCUT2D eigenvalue weighted by Gasteiger charge is 2.12. The molecule has 0 radical (unpaired) electrons. The molecule has 4 nitrogen and oxygen atoms in total. The minimum atomic E-state index is 0.749. The number of hydrogen-bond acceptors (Lipinski definition) is 3. The Morgan fingerprint density at radius 3 is 2.19 bits per heavy atom. The van der Waals surface area contributed by atoms with Gasteiger partial charge in [-0.1, -0.05) is 48.5 Å². The minimum Gasteiger partial charge on any atom is -0.308 e. The second kappa shape index (κ2) is 7.76. The summed E-state index contributed by atoms with van der Waals surface area (Å²) >= 11 is 0. The predicted molar refractivity (Wildman–Crippen MR) is 104 cm³/mol. The highest BCUT2D eigenvalue weighted by atomic mass is 15.3. The van der Waals surface area contributed by atoms with Crippen molar-refractivity contribution in [3.05, 3.63) is 103 Å². The lowest BCUT2D eigenvalue weighted by Crippen LogP contribution is -2.12. The summed E-state index contributed by atoms with van der Waals surface area (Å²) in [5, 5.41) is 8.35. The van der Waals surface area contributed by atoms with Gasteiger partial charge in [-0.25, -0.2) is 4.68 Å². The van der Waals surface area contributed by atoms with Gasteiger partial charge in [0.2, 0.25) is 0 Å². The largest absolute Gasteiger partial charge is 0.308 e. The number of nitrogens with zero attached hydrogens (tertiary/aromatic N) is 3. The molecule has 4 heteroatoms. The Bertz CT molecular complexity index is 947. The molecule has 0 aliphatic heterocycles. The molecule has 0 aliphatic carbocycles. The van der Waals surface area contributed by atoms with Crippen LogP contribution in [0.15, 0.2) is 91.4 Å². The summed E-state index contributed by atoms with van der Waals surface area (Å²) in [5.41, 5.74) is 5.55. The number of aromatic nitrogens is 3. The molecule has 0 unspecified atom stereocenters.